The van der Waals surface area contributed by atoms with Crippen LogP contribution >= 0.6 is 22.6 Å². The molecule has 0 fully saturated rings. The normalized spacial score (nSPS) is 12.9. The number of carbonyl (C=O) groups excluding carboxylic acids is 1. The van der Waals surface area contributed by atoms with Gasteiger partial charge in [-0.1, -0.05) is 29.8 Å². The van der Waals surface area contributed by atoms with E-state index in [9.17, 15) is 4.79 Å². The molecule has 96 valence electrons. The maximum Gasteiger partial charge on any atom is 0.196 e. The summed E-state index contributed by atoms with van der Waals surface area (Å²) in [5.74, 6) is 0.808. The third kappa shape index (κ3) is 2.39. The Kier molecular flexibility index (Phi) is 3.31. The van der Waals surface area contributed by atoms with Gasteiger partial charge in [-0.25, -0.2) is 0 Å². The standard InChI is InChI=1S/C16H13IO2/c1-10-2-4-11(5-3-10)15(18)14-9-13(17)8-12-6-7-19-16(12)14/h2-5,8-9H,6-7H2,1H3. The van der Waals surface area contributed by atoms with Crippen LogP contribution in [0.5, 0.6) is 5.75 Å². The summed E-state index contributed by atoms with van der Waals surface area (Å²) < 4.78 is 6.71. The molecule has 1 aliphatic heterocycles. The Balaban J connectivity index is 2.07. The van der Waals surface area contributed by atoms with E-state index in [1.54, 1.807) is 0 Å². The van der Waals surface area contributed by atoms with E-state index in [0.717, 1.165) is 26.9 Å². The van der Waals surface area contributed by atoms with Gasteiger partial charge in [0.2, 0.25) is 0 Å². The lowest BCUT2D eigenvalue weighted by molar-refractivity contribution is 0.103. The van der Waals surface area contributed by atoms with Gasteiger partial charge in [-0.3, -0.25) is 4.79 Å². The van der Waals surface area contributed by atoms with Crippen molar-refractivity contribution in [3.05, 3.63) is 62.2 Å². The first-order valence-corrected chi connectivity index (χ1v) is 7.29. The van der Waals surface area contributed by atoms with E-state index < -0.39 is 0 Å². The molecule has 0 saturated carbocycles. The smallest absolute Gasteiger partial charge is 0.196 e. The first-order chi connectivity index (χ1) is 9.15. The molecule has 0 radical (unpaired) electrons. The second-order valence-electron chi connectivity index (χ2n) is 4.74. The van der Waals surface area contributed by atoms with Crippen molar-refractivity contribution in [1.82, 2.24) is 0 Å². The van der Waals surface area contributed by atoms with E-state index in [1.807, 2.05) is 37.3 Å². The Morgan fingerprint density at radius 2 is 1.95 bits per heavy atom. The van der Waals surface area contributed by atoms with Crippen LogP contribution in [0.25, 0.3) is 0 Å². The molecular formula is C16H13IO2. The quantitative estimate of drug-likeness (QED) is 0.599. The van der Waals surface area contributed by atoms with Gasteiger partial charge < -0.3 is 4.74 Å². The summed E-state index contributed by atoms with van der Waals surface area (Å²) in [5, 5.41) is 0. The molecular weight excluding hydrogens is 351 g/mol. The molecule has 2 nitrogen and oxygen atoms in total. The number of halogens is 1. The van der Waals surface area contributed by atoms with Crippen LogP contribution in [0.1, 0.15) is 27.0 Å². The minimum absolute atomic E-state index is 0.0386. The highest BCUT2D eigenvalue weighted by Gasteiger charge is 2.22. The predicted octanol–water partition coefficient (Wildman–Crippen LogP) is 3.77. The lowest BCUT2D eigenvalue weighted by Gasteiger charge is -2.08. The van der Waals surface area contributed by atoms with Crippen LogP contribution in [-0.4, -0.2) is 12.4 Å². The molecule has 3 heteroatoms. The van der Waals surface area contributed by atoms with Crippen LogP contribution in [0, 0.1) is 10.5 Å². The summed E-state index contributed by atoms with van der Waals surface area (Å²) in [6.45, 7) is 2.68. The fourth-order valence-electron chi connectivity index (χ4n) is 2.30. The van der Waals surface area contributed by atoms with Gasteiger partial charge in [0.05, 0.1) is 12.2 Å². The van der Waals surface area contributed by atoms with E-state index in [-0.39, 0.29) is 5.78 Å². The molecule has 0 aliphatic carbocycles. The second kappa shape index (κ2) is 4.96. The van der Waals surface area contributed by atoms with Crippen molar-refractivity contribution in [2.75, 3.05) is 6.61 Å². The SMILES string of the molecule is Cc1ccc(C(=O)c2cc(I)cc3c2OCC3)cc1. The highest BCUT2D eigenvalue weighted by Crippen LogP contribution is 2.33. The van der Waals surface area contributed by atoms with Gasteiger partial charge in [0.1, 0.15) is 5.75 Å². The van der Waals surface area contributed by atoms with Gasteiger partial charge in [-0.05, 0) is 47.2 Å². The zero-order chi connectivity index (χ0) is 13.4. The largest absolute Gasteiger partial charge is 0.492 e. The molecule has 2 aromatic rings. The Morgan fingerprint density at radius 3 is 2.68 bits per heavy atom. The van der Waals surface area contributed by atoms with Gasteiger partial charge in [-0.2, -0.15) is 0 Å². The van der Waals surface area contributed by atoms with Crippen molar-refractivity contribution in [2.45, 2.75) is 13.3 Å². The minimum atomic E-state index is 0.0386. The molecule has 2 aromatic carbocycles. The molecule has 1 aliphatic rings. The van der Waals surface area contributed by atoms with Crippen LogP contribution in [0.15, 0.2) is 36.4 Å². The maximum atomic E-state index is 12.6. The molecule has 0 N–H and O–H groups in total. The molecule has 3 rings (SSSR count). The van der Waals surface area contributed by atoms with E-state index in [4.69, 9.17) is 4.74 Å². The van der Waals surface area contributed by atoms with E-state index in [2.05, 4.69) is 28.7 Å². The third-order valence-corrected chi connectivity index (χ3v) is 3.93. The first-order valence-electron chi connectivity index (χ1n) is 6.22. The number of carbonyl (C=O) groups is 1. The highest BCUT2D eigenvalue weighted by atomic mass is 127. The topological polar surface area (TPSA) is 26.3 Å². The molecule has 0 saturated heterocycles. The maximum absolute atomic E-state index is 12.6. The first kappa shape index (κ1) is 12.7. The molecule has 0 aromatic heterocycles. The number of rotatable bonds is 2. The summed E-state index contributed by atoms with van der Waals surface area (Å²) >= 11 is 2.25. The number of hydrogen-bond acceptors (Lipinski definition) is 2. The van der Waals surface area contributed by atoms with Crippen molar-refractivity contribution < 1.29 is 9.53 Å². The van der Waals surface area contributed by atoms with Crippen molar-refractivity contribution in [3.8, 4) is 5.75 Å². The third-order valence-electron chi connectivity index (χ3n) is 3.31. The summed E-state index contributed by atoms with van der Waals surface area (Å²) in [5.41, 5.74) is 3.69. The molecule has 0 spiro atoms. The zero-order valence-corrected chi connectivity index (χ0v) is 12.7. The van der Waals surface area contributed by atoms with Crippen molar-refractivity contribution in [2.24, 2.45) is 0 Å². The Morgan fingerprint density at radius 1 is 1.21 bits per heavy atom. The second-order valence-corrected chi connectivity index (χ2v) is 5.98. The average molecular weight is 364 g/mol. The zero-order valence-electron chi connectivity index (χ0n) is 10.6. The Labute approximate surface area is 125 Å². The Bertz CT molecular complexity index is 645. The van der Waals surface area contributed by atoms with Crippen molar-refractivity contribution >= 4 is 28.4 Å². The van der Waals surface area contributed by atoms with E-state index in [1.165, 1.54) is 0 Å². The van der Waals surface area contributed by atoms with Crippen molar-refractivity contribution in [3.63, 3.8) is 0 Å². The fourth-order valence-corrected chi connectivity index (χ4v) is 2.99. The number of aryl methyl sites for hydroxylation is 1. The monoisotopic (exact) mass is 364 g/mol. The average Bonchev–Trinajstić information content (AvgIpc) is 2.85. The van der Waals surface area contributed by atoms with E-state index in [0.29, 0.717) is 17.7 Å². The van der Waals surface area contributed by atoms with Gasteiger partial charge in [0, 0.05) is 15.6 Å². The highest BCUT2D eigenvalue weighted by molar-refractivity contribution is 14.1. The van der Waals surface area contributed by atoms with Gasteiger partial charge in [0.15, 0.2) is 5.78 Å². The molecule has 0 atom stereocenters. The number of benzene rings is 2. The van der Waals surface area contributed by atoms with Crippen molar-refractivity contribution in [1.29, 1.82) is 0 Å². The molecule has 1 heterocycles. The summed E-state index contributed by atoms with van der Waals surface area (Å²) in [4.78, 5) is 12.6. The summed E-state index contributed by atoms with van der Waals surface area (Å²) in [6, 6.07) is 11.7. The van der Waals surface area contributed by atoms with Crippen LogP contribution in [-0.2, 0) is 6.42 Å². The predicted molar refractivity (Wildman–Crippen MR) is 83.0 cm³/mol. The lowest BCUT2D eigenvalue weighted by Crippen LogP contribution is -2.04. The molecule has 0 amide bonds. The molecule has 0 unspecified atom stereocenters. The number of ether oxygens (including phenoxy) is 1. The number of ketones is 1. The number of fused-ring (bicyclic) bond motifs is 1. The van der Waals surface area contributed by atoms with Crippen LogP contribution in [0.3, 0.4) is 0 Å². The molecule has 19 heavy (non-hydrogen) atoms. The van der Waals surface area contributed by atoms with Gasteiger partial charge in [-0.15, -0.1) is 0 Å². The summed E-state index contributed by atoms with van der Waals surface area (Å²) in [6.07, 6.45) is 0.889. The van der Waals surface area contributed by atoms with Crippen LogP contribution in [0.4, 0.5) is 0 Å². The molecule has 0 bridgehead atoms. The van der Waals surface area contributed by atoms with Gasteiger partial charge in [0.25, 0.3) is 0 Å². The van der Waals surface area contributed by atoms with Crippen LogP contribution < -0.4 is 4.74 Å². The lowest BCUT2D eigenvalue weighted by atomic mass is 9.99. The van der Waals surface area contributed by atoms with Gasteiger partial charge >= 0.3 is 0 Å². The summed E-state index contributed by atoms with van der Waals surface area (Å²) in [7, 11) is 0. The number of hydrogen-bond donors (Lipinski definition) is 0. The van der Waals surface area contributed by atoms with E-state index >= 15 is 0 Å². The Hall–Kier alpha value is -1.36. The van der Waals surface area contributed by atoms with Crippen LogP contribution in [0.2, 0.25) is 0 Å². The fraction of sp³-hybridized carbons (Fsp3) is 0.188. The minimum Gasteiger partial charge on any atom is -0.492 e.